The monoisotopic (exact) mass is 489 g/mol. The van der Waals surface area contributed by atoms with Crippen molar-refractivity contribution in [3.05, 3.63) is 69.8 Å². The molecular weight excluding hydrogens is 458 g/mol. The number of carbonyl (C=O) groups excluding carboxylic acids is 1. The van der Waals surface area contributed by atoms with Gasteiger partial charge in [0.05, 0.1) is 5.75 Å². The number of rotatable bonds is 9. The number of benzene rings is 1. The molecule has 0 radical (unpaired) electrons. The summed E-state index contributed by atoms with van der Waals surface area (Å²) in [6, 6.07) is 8.45. The molecule has 3 rings (SSSR count). The van der Waals surface area contributed by atoms with Gasteiger partial charge in [0.2, 0.25) is 15.9 Å². The first-order chi connectivity index (χ1) is 15.7. The number of aryl methyl sites for hydroxylation is 1. The summed E-state index contributed by atoms with van der Waals surface area (Å²) in [5, 5.41) is 2.27. The van der Waals surface area contributed by atoms with Crippen LogP contribution in [0.15, 0.2) is 48.7 Å². The molecule has 1 fully saturated rings. The lowest BCUT2D eigenvalue weighted by Gasteiger charge is -2.33. The van der Waals surface area contributed by atoms with Crippen molar-refractivity contribution < 1.29 is 13.2 Å². The van der Waals surface area contributed by atoms with Crippen LogP contribution in [0.25, 0.3) is 12.7 Å². The summed E-state index contributed by atoms with van der Waals surface area (Å²) in [6.07, 6.45) is 9.49. The number of hydrogen-bond acceptors (Lipinski definition) is 3. The highest BCUT2D eigenvalue weighted by atomic mass is 35.5. The van der Waals surface area contributed by atoms with Crippen LogP contribution in [0.4, 0.5) is 0 Å². The fourth-order valence-electron chi connectivity index (χ4n) is 3.86. The van der Waals surface area contributed by atoms with Crippen molar-refractivity contribution in [1.29, 1.82) is 0 Å². The SMILES string of the molecule is C=c1cc[nH]/c1=C/C=C\CS(=O)(=O)NC(CCc1ccccc1Cl)C(=O)N1CCC(C)CC1. The number of hydrogen-bond donors (Lipinski definition) is 2. The van der Waals surface area contributed by atoms with Gasteiger partial charge < -0.3 is 9.88 Å². The minimum atomic E-state index is -3.70. The molecule has 1 aliphatic heterocycles. The average molecular weight is 490 g/mol. The highest BCUT2D eigenvalue weighted by molar-refractivity contribution is 7.89. The van der Waals surface area contributed by atoms with E-state index in [9.17, 15) is 13.2 Å². The van der Waals surface area contributed by atoms with Crippen molar-refractivity contribution in [3.63, 3.8) is 0 Å². The van der Waals surface area contributed by atoms with Crippen LogP contribution in [0.5, 0.6) is 0 Å². The summed E-state index contributed by atoms with van der Waals surface area (Å²) >= 11 is 6.27. The van der Waals surface area contributed by atoms with Crippen LogP contribution in [0.1, 0.15) is 31.7 Å². The maximum absolute atomic E-state index is 13.2. The van der Waals surface area contributed by atoms with E-state index in [1.807, 2.05) is 24.3 Å². The summed E-state index contributed by atoms with van der Waals surface area (Å²) in [5.41, 5.74) is 0.896. The molecule has 2 aromatic rings. The molecule has 0 spiro atoms. The van der Waals surface area contributed by atoms with E-state index in [0.717, 1.165) is 29.0 Å². The fraction of sp³-hybridized carbons (Fsp3) is 0.400. The molecule has 33 heavy (non-hydrogen) atoms. The zero-order chi connectivity index (χ0) is 23.8. The number of aromatic nitrogens is 1. The zero-order valence-corrected chi connectivity index (χ0v) is 20.5. The van der Waals surface area contributed by atoms with E-state index in [0.29, 0.717) is 36.9 Å². The Morgan fingerprint density at radius 3 is 2.70 bits per heavy atom. The predicted octanol–water partition coefficient (Wildman–Crippen LogP) is 2.59. The van der Waals surface area contributed by atoms with E-state index in [1.54, 1.807) is 35.4 Å². The molecule has 1 saturated heterocycles. The molecule has 1 unspecified atom stereocenters. The number of amides is 1. The molecule has 2 N–H and O–H groups in total. The normalized spacial score (nSPS) is 17.0. The van der Waals surface area contributed by atoms with Crippen LogP contribution < -0.4 is 15.3 Å². The van der Waals surface area contributed by atoms with Gasteiger partial charge in [-0.25, -0.2) is 13.1 Å². The van der Waals surface area contributed by atoms with Gasteiger partial charge in [-0.2, -0.15) is 0 Å². The number of allylic oxidation sites excluding steroid dienone is 1. The third kappa shape index (κ3) is 7.59. The lowest BCUT2D eigenvalue weighted by atomic mass is 9.98. The van der Waals surface area contributed by atoms with Crippen LogP contribution in [0.2, 0.25) is 5.02 Å². The lowest BCUT2D eigenvalue weighted by Crippen LogP contribution is -2.51. The van der Waals surface area contributed by atoms with E-state index >= 15 is 0 Å². The Morgan fingerprint density at radius 2 is 2.03 bits per heavy atom. The Balaban J connectivity index is 1.70. The second kappa shape index (κ2) is 11.7. The molecule has 6 nitrogen and oxygen atoms in total. The third-order valence-corrected chi connectivity index (χ3v) is 7.60. The zero-order valence-electron chi connectivity index (χ0n) is 19.0. The number of likely N-dealkylation sites (tertiary alicyclic amines) is 1. The number of carbonyl (C=O) groups is 1. The summed E-state index contributed by atoms with van der Waals surface area (Å²) in [5.74, 6) is 0.192. The van der Waals surface area contributed by atoms with Gasteiger partial charge in [0, 0.05) is 29.7 Å². The smallest absolute Gasteiger partial charge is 0.240 e. The van der Waals surface area contributed by atoms with Crippen LogP contribution in [-0.4, -0.2) is 49.1 Å². The van der Waals surface area contributed by atoms with Crippen molar-refractivity contribution >= 4 is 40.2 Å². The Kier molecular flexibility index (Phi) is 8.95. The molecule has 0 aliphatic carbocycles. The molecule has 1 amide bonds. The molecule has 0 saturated carbocycles. The van der Waals surface area contributed by atoms with E-state index in [1.165, 1.54) is 0 Å². The van der Waals surface area contributed by atoms with Gasteiger partial charge in [0.15, 0.2) is 0 Å². The van der Waals surface area contributed by atoms with Crippen molar-refractivity contribution in [2.24, 2.45) is 5.92 Å². The topological polar surface area (TPSA) is 82.3 Å². The second-order valence-electron chi connectivity index (χ2n) is 8.60. The highest BCUT2D eigenvalue weighted by Gasteiger charge is 2.30. The van der Waals surface area contributed by atoms with E-state index < -0.39 is 16.1 Å². The molecule has 178 valence electrons. The standard InChI is InChI=1S/C25H32ClN3O3S/c1-19-13-16-29(17-14-19)25(30)24(11-10-21-7-3-4-8-22(21)26)28-33(31,32)18-6-5-9-23-20(2)12-15-27-23/h3-9,12,15,19,24,27-28H,2,10-11,13-14,16-18H2,1H3/b6-5-,23-9+. The Bertz CT molecular complexity index is 1180. The van der Waals surface area contributed by atoms with Gasteiger partial charge >= 0.3 is 0 Å². The van der Waals surface area contributed by atoms with Gasteiger partial charge in [-0.3, -0.25) is 4.79 Å². The summed E-state index contributed by atoms with van der Waals surface area (Å²) < 4.78 is 28.2. The Morgan fingerprint density at radius 1 is 1.30 bits per heavy atom. The van der Waals surface area contributed by atoms with Crippen molar-refractivity contribution in [2.75, 3.05) is 18.8 Å². The molecular formula is C25H32ClN3O3S. The van der Waals surface area contributed by atoms with Crippen LogP contribution in [0.3, 0.4) is 0 Å². The molecule has 1 aliphatic rings. The average Bonchev–Trinajstić information content (AvgIpc) is 3.20. The largest absolute Gasteiger partial charge is 0.361 e. The Hall–Kier alpha value is -2.35. The van der Waals surface area contributed by atoms with Crippen LogP contribution >= 0.6 is 11.6 Å². The number of piperidine rings is 1. The number of halogens is 1. The first kappa shape index (κ1) is 25.3. The molecule has 2 heterocycles. The molecule has 1 aromatic heterocycles. The Labute approximate surface area is 201 Å². The maximum atomic E-state index is 13.2. The van der Waals surface area contributed by atoms with E-state index in [2.05, 4.69) is 23.2 Å². The first-order valence-electron chi connectivity index (χ1n) is 11.3. The number of nitrogens with zero attached hydrogens (tertiary/aromatic N) is 1. The molecule has 1 atom stereocenters. The van der Waals surface area contributed by atoms with Crippen LogP contribution in [-0.2, 0) is 21.2 Å². The number of nitrogens with one attached hydrogen (secondary N) is 2. The highest BCUT2D eigenvalue weighted by Crippen LogP contribution is 2.20. The van der Waals surface area contributed by atoms with Gasteiger partial charge in [-0.1, -0.05) is 55.5 Å². The van der Waals surface area contributed by atoms with E-state index in [-0.39, 0.29) is 11.7 Å². The quantitative estimate of drug-likeness (QED) is 0.568. The fourth-order valence-corrected chi connectivity index (χ4v) is 5.21. The maximum Gasteiger partial charge on any atom is 0.240 e. The number of sulfonamides is 1. The summed E-state index contributed by atoms with van der Waals surface area (Å²) in [6.45, 7) is 7.37. The molecule has 0 bridgehead atoms. The third-order valence-electron chi connectivity index (χ3n) is 5.96. The van der Waals surface area contributed by atoms with Gasteiger partial charge in [-0.05, 0) is 60.6 Å². The van der Waals surface area contributed by atoms with Crippen LogP contribution in [0, 0.1) is 5.92 Å². The number of H-pyrrole nitrogens is 1. The van der Waals surface area contributed by atoms with E-state index in [4.69, 9.17) is 11.6 Å². The molecule has 8 heteroatoms. The second-order valence-corrected chi connectivity index (χ2v) is 10.8. The predicted molar refractivity (Wildman–Crippen MR) is 135 cm³/mol. The van der Waals surface area contributed by atoms with Crippen molar-refractivity contribution in [3.8, 4) is 0 Å². The van der Waals surface area contributed by atoms with Crippen molar-refractivity contribution in [2.45, 2.75) is 38.6 Å². The lowest BCUT2D eigenvalue weighted by molar-refractivity contribution is -0.134. The minimum Gasteiger partial charge on any atom is -0.361 e. The summed E-state index contributed by atoms with van der Waals surface area (Å²) in [7, 11) is -3.70. The van der Waals surface area contributed by atoms with Gasteiger partial charge in [-0.15, -0.1) is 0 Å². The summed E-state index contributed by atoms with van der Waals surface area (Å²) in [4.78, 5) is 18.1. The number of aromatic amines is 1. The van der Waals surface area contributed by atoms with Gasteiger partial charge in [0.1, 0.15) is 6.04 Å². The van der Waals surface area contributed by atoms with Crippen molar-refractivity contribution in [1.82, 2.24) is 14.6 Å². The van der Waals surface area contributed by atoms with Gasteiger partial charge in [0.25, 0.3) is 0 Å². The first-order valence-corrected chi connectivity index (χ1v) is 13.3. The minimum absolute atomic E-state index is 0.166. The molecule has 1 aromatic carbocycles.